The predicted molar refractivity (Wildman–Crippen MR) is 88.2 cm³/mol. The van der Waals surface area contributed by atoms with Crippen molar-refractivity contribution in [1.82, 2.24) is 0 Å². The van der Waals surface area contributed by atoms with E-state index in [9.17, 15) is 0 Å². The number of rotatable bonds is 7. The average molecular weight is 282 g/mol. The molecule has 1 fully saturated rings. The standard InChI is InChI=1S/C15H28N2O.C2H6/c1-12(11-16)15(10-13(2)17)18-9-8-14-6-4-3-5-7-14;1-2/h11,13-14,16H,3-10,17H2,1-2H3;1-2H3/b15-12+,16-11?;. The van der Waals surface area contributed by atoms with Gasteiger partial charge in [-0.05, 0) is 26.2 Å². The smallest absolute Gasteiger partial charge is 0.102 e. The van der Waals surface area contributed by atoms with E-state index in [1.165, 1.54) is 38.3 Å². The maximum Gasteiger partial charge on any atom is 0.102 e. The zero-order chi connectivity index (χ0) is 15.4. The summed E-state index contributed by atoms with van der Waals surface area (Å²) < 4.78 is 5.86. The second-order valence-electron chi connectivity index (χ2n) is 5.57. The maximum atomic E-state index is 7.31. The summed E-state index contributed by atoms with van der Waals surface area (Å²) in [7, 11) is 0. The zero-order valence-electron chi connectivity index (χ0n) is 13.9. The summed E-state index contributed by atoms with van der Waals surface area (Å²) in [5.74, 6) is 1.74. The van der Waals surface area contributed by atoms with Gasteiger partial charge in [0.05, 0.1) is 6.61 Å². The van der Waals surface area contributed by atoms with Gasteiger partial charge in [-0.3, -0.25) is 0 Å². The van der Waals surface area contributed by atoms with Crippen LogP contribution in [0.1, 0.15) is 72.6 Å². The molecule has 0 bridgehead atoms. The highest BCUT2D eigenvalue weighted by Gasteiger charge is 2.14. The van der Waals surface area contributed by atoms with E-state index in [0.717, 1.165) is 36.7 Å². The van der Waals surface area contributed by atoms with E-state index in [1.807, 2.05) is 27.7 Å². The zero-order valence-corrected chi connectivity index (χ0v) is 13.9. The van der Waals surface area contributed by atoms with E-state index in [2.05, 4.69) is 0 Å². The lowest BCUT2D eigenvalue weighted by Crippen LogP contribution is -2.18. The number of hydrogen-bond acceptors (Lipinski definition) is 3. The lowest BCUT2D eigenvalue weighted by atomic mass is 9.87. The topological polar surface area (TPSA) is 59.1 Å². The van der Waals surface area contributed by atoms with E-state index in [4.69, 9.17) is 15.9 Å². The molecule has 20 heavy (non-hydrogen) atoms. The number of nitrogens with two attached hydrogens (primary N) is 1. The molecule has 3 nitrogen and oxygen atoms in total. The van der Waals surface area contributed by atoms with Gasteiger partial charge in [0.2, 0.25) is 0 Å². The van der Waals surface area contributed by atoms with Gasteiger partial charge in [0.25, 0.3) is 0 Å². The average Bonchev–Trinajstić information content (AvgIpc) is 2.48. The first kappa shape index (κ1) is 19.2. The molecule has 0 heterocycles. The van der Waals surface area contributed by atoms with Crippen molar-refractivity contribution in [3.63, 3.8) is 0 Å². The molecule has 0 aliphatic heterocycles. The Bertz CT molecular complexity index is 279. The van der Waals surface area contributed by atoms with Crippen LogP contribution in [0.5, 0.6) is 0 Å². The van der Waals surface area contributed by atoms with E-state index in [-0.39, 0.29) is 6.04 Å². The molecule has 1 rings (SSSR count). The summed E-state index contributed by atoms with van der Waals surface area (Å²) in [6.45, 7) is 8.67. The van der Waals surface area contributed by atoms with Crippen molar-refractivity contribution < 1.29 is 4.74 Å². The van der Waals surface area contributed by atoms with Crippen molar-refractivity contribution in [2.24, 2.45) is 11.7 Å². The molecular formula is C17H34N2O. The van der Waals surface area contributed by atoms with Crippen molar-refractivity contribution in [3.8, 4) is 0 Å². The number of hydrogen-bond donors (Lipinski definition) is 2. The van der Waals surface area contributed by atoms with Crippen molar-refractivity contribution in [3.05, 3.63) is 11.3 Å². The molecule has 0 aromatic rings. The van der Waals surface area contributed by atoms with Crippen molar-refractivity contribution >= 4 is 6.21 Å². The number of nitrogens with one attached hydrogen (secondary N) is 1. The molecule has 0 amide bonds. The van der Waals surface area contributed by atoms with Crippen LogP contribution in [-0.4, -0.2) is 18.9 Å². The molecule has 1 saturated carbocycles. The molecule has 1 atom stereocenters. The summed E-state index contributed by atoms with van der Waals surface area (Å²) in [6.07, 6.45) is 10.1. The minimum Gasteiger partial charge on any atom is -0.498 e. The van der Waals surface area contributed by atoms with Gasteiger partial charge in [0.15, 0.2) is 0 Å². The van der Waals surface area contributed by atoms with Crippen LogP contribution in [0.4, 0.5) is 0 Å². The lowest BCUT2D eigenvalue weighted by Gasteiger charge is -2.22. The Kier molecular flexibility index (Phi) is 11.5. The Hall–Kier alpha value is -0.830. The van der Waals surface area contributed by atoms with Gasteiger partial charge in [0.1, 0.15) is 5.76 Å². The Morgan fingerprint density at radius 2 is 1.90 bits per heavy atom. The van der Waals surface area contributed by atoms with Gasteiger partial charge in [-0.1, -0.05) is 46.0 Å². The molecule has 118 valence electrons. The first-order valence-corrected chi connectivity index (χ1v) is 8.22. The Balaban J connectivity index is 0.00000172. The predicted octanol–water partition coefficient (Wildman–Crippen LogP) is 4.66. The molecule has 1 aliphatic rings. The van der Waals surface area contributed by atoms with Crippen LogP contribution in [0.2, 0.25) is 0 Å². The van der Waals surface area contributed by atoms with Gasteiger partial charge in [-0.2, -0.15) is 0 Å². The third kappa shape index (κ3) is 8.36. The first-order valence-electron chi connectivity index (χ1n) is 8.22. The quantitative estimate of drug-likeness (QED) is 0.527. The van der Waals surface area contributed by atoms with Crippen LogP contribution in [0.15, 0.2) is 11.3 Å². The molecule has 0 radical (unpaired) electrons. The number of allylic oxidation sites excluding steroid dienone is 1. The Labute approximate surface area is 125 Å². The highest BCUT2D eigenvalue weighted by Crippen LogP contribution is 2.26. The van der Waals surface area contributed by atoms with Crippen LogP contribution >= 0.6 is 0 Å². The van der Waals surface area contributed by atoms with Crippen molar-refractivity contribution in [1.29, 1.82) is 5.41 Å². The Morgan fingerprint density at radius 1 is 1.30 bits per heavy atom. The fourth-order valence-corrected chi connectivity index (χ4v) is 2.53. The van der Waals surface area contributed by atoms with E-state index >= 15 is 0 Å². The van der Waals surface area contributed by atoms with Crippen LogP contribution < -0.4 is 5.73 Å². The second-order valence-corrected chi connectivity index (χ2v) is 5.57. The molecule has 0 saturated heterocycles. The molecule has 3 N–H and O–H groups in total. The normalized spacial score (nSPS) is 18.4. The second kappa shape index (κ2) is 12.0. The third-order valence-corrected chi connectivity index (χ3v) is 3.69. The largest absolute Gasteiger partial charge is 0.498 e. The van der Waals surface area contributed by atoms with Gasteiger partial charge in [-0.25, -0.2) is 0 Å². The molecular weight excluding hydrogens is 248 g/mol. The van der Waals surface area contributed by atoms with Gasteiger partial charge < -0.3 is 15.9 Å². The van der Waals surface area contributed by atoms with Gasteiger partial charge in [-0.15, -0.1) is 0 Å². The molecule has 1 unspecified atom stereocenters. The van der Waals surface area contributed by atoms with Crippen LogP contribution in [0, 0.1) is 11.3 Å². The highest BCUT2D eigenvalue weighted by molar-refractivity contribution is 5.75. The van der Waals surface area contributed by atoms with Crippen molar-refractivity contribution in [2.45, 2.75) is 78.7 Å². The fraction of sp³-hybridized carbons (Fsp3) is 0.824. The maximum absolute atomic E-state index is 7.31. The van der Waals surface area contributed by atoms with E-state index in [1.54, 1.807) is 0 Å². The molecule has 3 heteroatoms. The molecule has 0 spiro atoms. The van der Waals surface area contributed by atoms with Crippen LogP contribution in [-0.2, 0) is 4.74 Å². The molecule has 0 aromatic heterocycles. The SMILES string of the molecule is C/C(C=N)=C(/CC(C)N)OCCC1CCCCC1.CC. The summed E-state index contributed by atoms with van der Waals surface area (Å²) in [5, 5.41) is 7.31. The van der Waals surface area contributed by atoms with Crippen LogP contribution in [0.25, 0.3) is 0 Å². The highest BCUT2D eigenvalue weighted by atomic mass is 16.5. The van der Waals surface area contributed by atoms with E-state index in [0.29, 0.717) is 0 Å². The van der Waals surface area contributed by atoms with Crippen molar-refractivity contribution in [2.75, 3.05) is 6.61 Å². The monoisotopic (exact) mass is 282 g/mol. The van der Waals surface area contributed by atoms with Crippen LogP contribution in [0.3, 0.4) is 0 Å². The lowest BCUT2D eigenvalue weighted by molar-refractivity contribution is 0.166. The van der Waals surface area contributed by atoms with E-state index < -0.39 is 0 Å². The summed E-state index contributed by atoms with van der Waals surface area (Å²) in [5.41, 5.74) is 6.71. The molecule has 1 aliphatic carbocycles. The summed E-state index contributed by atoms with van der Waals surface area (Å²) >= 11 is 0. The summed E-state index contributed by atoms with van der Waals surface area (Å²) in [4.78, 5) is 0. The third-order valence-electron chi connectivity index (χ3n) is 3.69. The minimum absolute atomic E-state index is 0.0876. The minimum atomic E-state index is 0.0876. The molecule has 0 aromatic carbocycles. The van der Waals surface area contributed by atoms with Gasteiger partial charge >= 0.3 is 0 Å². The number of ether oxygens (including phenoxy) is 1. The Morgan fingerprint density at radius 3 is 2.40 bits per heavy atom. The first-order chi connectivity index (χ1) is 9.63. The fourth-order valence-electron chi connectivity index (χ4n) is 2.53. The van der Waals surface area contributed by atoms with Gasteiger partial charge in [0, 0.05) is 24.3 Å². The summed E-state index contributed by atoms with van der Waals surface area (Å²) in [6, 6.07) is 0.0876.